The van der Waals surface area contributed by atoms with Gasteiger partial charge in [0.1, 0.15) is 0 Å². The van der Waals surface area contributed by atoms with Crippen LogP contribution in [0.1, 0.15) is 55.4 Å². The van der Waals surface area contributed by atoms with Crippen LogP contribution in [0, 0.1) is 0 Å². The van der Waals surface area contributed by atoms with Crippen LogP contribution < -0.4 is 0 Å². The summed E-state index contributed by atoms with van der Waals surface area (Å²) in [7, 11) is -1.01. The Morgan fingerprint density at radius 3 is 2.15 bits per heavy atom. The van der Waals surface area contributed by atoms with Crippen molar-refractivity contribution in [3.63, 3.8) is 0 Å². The Kier molecular flexibility index (Phi) is 4.89. The van der Waals surface area contributed by atoms with Crippen LogP contribution in [0.4, 0.5) is 13.2 Å². The van der Waals surface area contributed by atoms with Gasteiger partial charge in [0.05, 0.1) is 10.8 Å². The molecule has 1 fully saturated rings. The van der Waals surface area contributed by atoms with E-state index >= 15 is 0 Å². The fraction of sp³-hybridized carbons (Fsp3) is 0.600. The highest BCUT2D eigenvalue weighted by Gasteiger charge is 2.31. The van der Waals surface area contributed by atoms with Gasteiger partial charge in [-0.2, -0.15) is 13.2 Å². The third kappa shape index (κ3) is 3.62. The monoisotopic (exact) mass is 304 g/mol. The summed E-state index contributed by atoms with van der Waals surface area (Å²) < 4.78 is 50.0. The normalized spacial score (nSPS) is 20.6. The number of benzene rings is 1. The molecule has 1 aromatic carbocycles. The van der Waals surface area contributed by atoms with Crippen LogP contribution in [0.15, 0.2) is 24.3 Å². The summed E-state index contributed by atoms with van der Waals surface area (Å²) in [4.78, 5) is 0. The molecule has 0 heterocycles. The van der Waals surface area contributed by atoms with E-state index in [2.05, 4.69) is 0 Å². The Labute approximate surface area is 120 Å². The van der Waals surface area contributed by atoms with Gasteiger partial charge in [0, 0.05) is 16.0 Å². The Hall–Kier alpha value is -0.840. The molecule has 1 aromatic rings. The van der Waals surface area contributed by atoms with E-state index in [1.165, 1.54) is 18.6 Å². The molecule has 1 aliphatic carbocycles. The zero-order valence-corrected chi connectivity index (χ0v) is 12.3. The van der Waals surface area contributed by atoms with Gasteiger partial charge in [-0.1, -0.05) is 31.4 Å². The lowest BCUT2D eigenvalue weighted by atomic mass is 10.0. The van der Waals surface area contributed by atoms with Crippen LogP contribution in [0.3, 0.4) is 0 Å². The Morgan fingerprint density at radius 1 is 1.10 bits per heavy atom. The molecular formula is C15H19F3OS. The SMILES string of the molecule is C[C@H](c1ccc(C(F)(F)F)cc1)[S@](=O)C1CCCCC1. The second kappa shape index (κ2) is 6.29. The van der Waals surface area contributed by atoms with E-state index < -0.39 is 22.5 Å². The van der Waals surface area contributed by atoms with E-state index in [0.717, 1.165) is 43.4 Å². The average Bonchev–Trinajstić information content (AvgIpc) is 2.46. The van der Waals surface area contributed by atoms with Crippen molar-refractivity contribution in [2.75, 3.05) is 0 Å². The van der Waals surface area contributed by atoms with Gasteiger partial charge in [0.15, 0.2) is 0 Å². The minimum absolute atomic E-state index is 0.195. The van der Waals surface area contributed by atoms with Crippen LogP contribution in [0.25, 0.3) is 0 Å². The molecule has 0 aliphatic heterocycles. The van der Waals surface area contributed by atoms with Gasteiger partial charge in [-0.15, -0.1) is 0 Å². The molecule has 2 rings (SSSR count). The number of alkyl halides is 3. The zero-order valence-electron chi connectivity index (χ0n) is 11.5. The fourth-order valence-electron chi connectivity index (χ4n) is 2.66. The Balaban J connectivity index is 2.08. The molecule has 0 amide bonds. The van der Waals surface area contributed by atoms with Crippen molar-refractivity contribution in [2.24, 2.45) is 0 Å². The van der Waals surface area contributed by atoms with Crippen molar-refractivity contribution in [1.29, 1.82) is 0 Å². The summed E-state index contributed by atoms with van der Waals surface area (Å²) in [6.45, 7) is 1.84. The largest absolute Gasteiger partial charge is 0.416 e. The molecule has 1 saturated carbocycles. The fourth-order valence-corrected chi connectivity index (χ4v) is 4.46. The van der Waals surface area contributed by atoms with Crippen LogP contribution >= 0.6 is 0 Å². The third-order valence-corrected chi connectivity index (χ3v) is 6.03. The first kappa shape index (κ1) is 15.5. The number of hydrogen-bond donors (Lipinski definition) is 0. The molecule has 2 atom stereocenters. The van der Waals surface area contributed by atoms with E-state index in [-0.39, 0.29) is 10.5 Å². The summed E-state index contributed by atoms with van der Waals surface area (Å²) in [5, 5.41) is -0.0126. The molecule has 0 spiro atoms. The van der Waals surface area contributed by atoms with Crippen molar-refractivity contribution < 1.29 is 17.4 Å². The van der Waals surface area contributed by atoms with Gasteiger partial charge >= 0.3 is 6.18 Å². The van der Waals surface area contributed by atoms with E-state index in [1.807, 2.05) is 6.92 Å². The maximum Gasteiger partial charge on any atom is 0.416 e. The second-order valence-corrected chi connectivity index (χ2v) is 7.38. The van der Waals surface area contributed by atoms with Crippen molar-refractivity contribution >= 4 is 10.8 Å². The van der Waals surface area contributed by atoms with Gasteiger partial charge in [0.25, 0.3) is 0 Å². The predicted octanol–water partition coefficient (Wildman–Crippen LogP) is 4.85. The maximum absolute atomic E-state index is 12.5. The first-order chi connectivity index (χ1) is 9.39. The topological polar surface area (TPSA) is 17.1 Å². The average molecular weight is 304 g/mol. The summed E-state index contributed by atoms with van der Waals surface area (Å²) in [5.74, 6) is 0. The molecule has 1 aliphatic rings. The summed E-state index contributed by atoms with van der Waals surface area (Å²) in [6.07, 6.45) is 1.04. The minimum atomic E-state index is -4.32. The smallest absolute Gasteiger partial charge is 0.259 e. The van der Waals surface area contributed by atoms with Gasteiger partial charge in [-0.05, 0) is 37.5 Å². The predicted molar refractivity (Wildman–Crippen MR) is 74.9 cm³/mol. The molecule has 0 saturated heterocycles. The highest BCUT2D eigenvalue weighted by Crippen LogP contribution is 2.33. The first-order valence-corrected chi connectivity index (χ1v) is 8.24. The molecule has 1 nitrogen and oxygen atoms in total. The van der Waals surface area contributed by atoms with E-state index in [0.29, 0.717) is 0 Å². The van der Waals surface area contributed by atoms with Crippen molar-refractivity contribution in [3.05, 3.63) is 35.4 Å². The molecule has 112 valence electrons. The number of hydrogen-bond acceptors (Lipinski definition) is 1. The van der Waals surface area contributed by atoms with Crippen LogP contribution in [0.5, 0.6) is 0 Å². The lowest BCUT2D eigenvalue weighted by molar-refractivity contribution is -0.137. The van der Waals surface area contributed by atoms with Gasteiger partial charge in [-0.25, -0.2) is 0 Å². The molecule has 5 heteroatoms. The van der Waals surface area contributed by atoms with Crippen molar-refractivity contribution in [3.8, 4) is 0 Å². The zero-order chi connectivity index (χ0) is 14.8. The Morgan fingerprint density at radius 2 is 1.65 bits per heavy atom. The quantitative estimate of drug-likeness (QED) is 0.780. The molecule has 0 N–H and O–H groups in total. The van der Waals surface area contributed by atoms with E-state index in [4.69, 9.17) is 0 Å². The summed E-state index contributed by atoms with van der Waals surface area (Å²) in [6, 6.07) is 5.05. The minimum Gasteiger partial charge on any atom is -0.259 e. The Bertz CT molecular complexity index is 461. The van der Waals surface area contributed by atoms with E-state index in [9.17, 15) is 17.4 Å². The number of rotatable bonds is 3. The van der Waals surface area contributed by atoms with Gasteiger partial charge in [-0.3, -0.25) is 4.21 Å². The molecule has 0 bridgehead atoms. The van der Waals surface area contributed by atoms with Gasteiger partial charge < -0.3 is 0 Å². The summed E-state index contributed by atoms with van der Waals surface area (Å²) in [5.41, 5.74) is 0.0683. The molecule has 20 heavy (non-hydrogen) atoms. The molecular weight excluding hydrogens is 285 g/mol. The molecule has 0 unspecified atom stereocenters. The third-order valence-electron chi connectivity index (χ3n) is 3.94. The van der Waals surface area contributed by atoms with Crippen LogP contribution in [-0.4, -0.2) is 9.46 Å². The first-order valence-electron chi connectivity index (χ1n) is 6.96. The summed E-state index contributed by atoms with van der Waals surface area (Å²) >= 11 is 0. The number of halogens is 3. The van der Waals surface area contributed by atoms with E-state index in [1.54, 1.807) is 0 Å². The lowest BCUT2D eigenvalue weighted by Crippen LogP contribution is -2.22. The second-order valence-electron chi connectivity index (χ2n) is 5.35. The van der Waals surface area contributed by atoms with Crippen molar-refractivity contribution in [1.82, 2.24) is 0 Å². The molecule has 0 aromatic heterocycles. The lowest BCUT2D eigenvalue weighted by Gasteiger charge is -2.24. The van der Waals surface area contributed by atoms with Gasteiger partial charge in [0.2, 0.25) is 0 Å². The van der Waals surface area contributed by atoms with Crippen molar-refractivity contribution in [2.45, 2.75) is 55.7 Å². The van der Waals surface area contributed by atoms with Crippen LogP contribution in [-0.2, 0) is 17.0 Å². The maximum atomic E-state index is 12.5. The highest BCUT2D eigenvalue weighted by molar-refractivity contribution is 7.85. The highest BCUT2D eigenvalue weighted by atomic mass is 32.2. The standard InChI is InChI=1S/C15H19F3OS/c1-11(20(19)14-5-3-2-4-6-14)12-7-9-13(10-8-12)15(16,17)18/h7-11,14H,2-6H2,1H3/t11-,20+/m1/s1. The van der Waals surface area contributed by atoms with Crippen LogP contribution in [0.2, 0.25) is 0 Å². The molecule has 0 radical (unpaired) electrons.